The molecule has 0 unspecified atom stereocenters. The Bertz CT molecular complexity index is 923. The average Bonchev–Trinajstić information content (AvgIpc) is 2.98. The van der Waals surface area contributed by atoms with Crippen molar-refractivity contribution in [2.45, 2.75) is 11.3 Å². The van der Waals surface area contributed by atoms with E-state index in [9.17, 15) is 22.4 Å². The summed E-state index contributed by atoms with van der Waals surface area (Å²) in [4.78, 5) is 27.7. The standard InChI is InChI=1S/C15H14BrFN2O6S2/c16-8-1-2-10(9(17)3-8)19-11-6-27(23,24)7-12(11)26-15(19)18-13(20)4-25-5-14(21)22/h1-3,11-12H,4-7H2,(H,21,22)/t11-,12+/m0/s1. The van der Waals surface area contributed by atoms with E-state index in [-0.39, 0.29) is 27.6 Å². The number of hydrogen-bond acceptors (Lipinski definition) is 6. The fraction of sp³-hybridized carbons (Fsp3) is 0.400. The number of rotatable bonds is 5. The fourth-order valence-corrected chi connectivity index (χ4v) is 7.14. The summed E-state index contributed by atoms with van der Waals surface area (Å²) < 4.78 is 43.7. The van der Waals surface area contributed by atoms with Gasteiger partial charge in [0.05, 0.1) is 23.2 Å². The van der Waals surface area contributed by atoms with Gasteiger partial charge < -0.3 is 14.7 Å². The number of amides is 1. The van der Waals surface area contributed by atoms with Crippen LogP contribution in [0.2, 0.25) is 0 Å². The van der Waals surface area contributed by atoms with Crippen molar-refractivity contribution in [3.63, 3.8) is 0 Å². The molecule has 2 fully saturated rings. The lowest BCUT2D eigenvalue weighted by molar-refractivity contribution is -0.143. The molecule has 2 atom stereocenters. The van der Waals surface area contributed by atoms with Crippen molar-refractivity contribution < 1.29 is 32.2 Å². The molecule has 0 saturated carbocycles. The van der Waals surface area contributed by atoms with Gasteiger partial charge in [0.1, 0.15) is 19.0 Å². The quantitative estimate of drug-likeness (QED) is 0.670. The van der Waals surface area contributed by atoms with Crippen LogP contribution in [0.4, 0.5) is 10.1 Å². The van der Waals surface area contributed by atoms with E-state index >= 15 is 0 Å². The van der Waals surface area contributed by atoms with Crippen LogP contribution in [0.25, 0.3) is 0 Å². The summed E-state index contributed by atoms with van der Waals surface area (Å²) in [6, 6.07) is 3.79. The molecule has 0 aromatic heterocycles. The van der Waals surface area contributed by atoms with E-state index < -0.39 is 46.8 Å². The number of nitrogens with zero attached hydrogens (tertiary/aromatic N) is 2. The number of halogens is 2. The number of ether oxygens (including phenoxy) is 1. The third-order valence-electron chi connectivity index (χ3n) is 3.91. The Balaban J connectivity index is 1.89. The Hall–Kier alpha value is -1.50. The summed E-state index contributed by atoms with van der Waals surface area (Å²) in [5.74, 6) is -2.78. The lowest BCUT2D eigenvalue weighted by atomic mass is 10.2. The van der Waals surface area contributed by atoms with E-state index in [0.717, 1.165) is 11.8 Å². The molecule has 2 aliphatic rings. The third-order valence-corrected chi connectivity index (χ3v) is 7.61. The molecule has 1 aromatic rings. The number of sulfone groups is 1. The largest absolute Gasteiger partial charge is 0.480 e. The molecule has 1 N–H and O–H groups in total. The van der Waals surface area contributed by atoms with Crippen LogP contribution in [0.3, 0.4) is 0 Å². The monoisotopic (exact) mass is 480 g/mol. The van der Waals surface area contributed by atoms with Gasteiger partial charge in [-0.05, 0) is 18.2 Å². The highest BCUT2D eigenvalue weighted by atomic mass is 79.9. The molecule has 3 rings (SSSR count). The highest BCUT2D eigenvalue weighted by Gasteiger charge is 2.50. The molecular formula is C15H14BrFN2O6S2. The molecule has 12 heteroatoms. The number of carboxylic acids is 1. The van der Waals surface area contributed by atoms with Crippen molar-refractivity contribution in [1.29, 1.82) is 0 Å². The van der Waals surface area contributed by atoms with Gasteiger partial charge in [0.25, 0.3) is 5.91 Å². The molecule has 1 amide bonds. The first kappa shape index (κ1) is 20.2. The predicted molar refractivity (Wildman–Crippen MR) is 101 cm³/mol. The second-order valence-electron chi connectivity index (χ2n) is 5.94. The van der Waals surface area contributed by atoms with E-state index in [4.69, 9.17) is 9.84 Å². The first-order valence-corrected chi connectivity index (χ1v) is 11.2. The molecule has 0 aliphatic carbocycles. The number of amidine groups is 1. The lowest BCUT2D eigenvalue weighted by Gasteiger charge is -2.25. The zero-order valence-corrected chi connectivity index (χ0v) is 16.9. The Morgan fingerprint density at radius 3 is 2.78 bits per heavy atom. The second kappa shape index (κ2) is 7.86. The lowest BCUT2D eigenvalue weighted by Crippen LogP contribution is -2.38. The average molecular weight is 481 g/mol. The van der Waals surface area contributed by atoms with Gasteiger partial charge >= 0.3 is 5.97 Å². The molecule has 2 aliphatic heterocycles. The number of benzene rings is 1. The second-order valence-corrected chi connectivity index (χ2v) is 10.2. The minimum absolute atomic E-state index is 0.0836. The van der Waals surface area contributed by atoms with Gasteiger partial charge in [-0.15, -0.1) is 0 Å². The summed E-state index contributed by atoms with van der Waals surface area (Å²) in [6.45, 7) is -1.18. The van der Waals surface area contributed by atoms with Gasteiger partial charge in [-0.25, -0.2) is 17.6 Å². The molecule has 2 saturated heterocycles. The SMILES string of the molecule is O=C(O)COCC(=O)N=C1S[C@@H]2CS(=O)(=O)C[C@@H]2N1c1ccc(Br)cc1F. The van der Waals surface area contributed by atoms with Gasteiger partial charge in [0, 0.05) is 9.72 Å². The maximum Gasteiger partial charge on any atom is 0.329 e. The predicted octanol–water partition coefficient (Wildman–Crippen LogP) is 1.29. The first-order chi connectivity index (χ1) is 12.7. The number of fused-ring (bicyclic) bond motifs is 1. The molecule has 27 heavy (non-hydrogen) atoms. The van der Waals surface area contributed by atoms with E-state index in [2.05, 4.69) is 20.9 Å². The van der Waals surface area contributed by atoms with Gasteiger partial charge in [0.15, 0.2) is 15.0 Å². The first-order valence-electron chi connectivity index (χ1n) is 7.69. The van der Waals surface area contributed by atoms with Crippen LogP contribution < -0.4 is 4.90 Å². The Morgan fingerprint density at radius 1 is 1.37 bits per heavy atom. The van der Waals surface area contributed by atoms with E-state index in [1.54, 1.807) is 6.07 Å². The van der Waals surface area contributed by atoms with Gasteiger partial charge in [-0.2, -0.15) is 4.99 Å². The Morgan fingerprint density at radius 2 is 2.11 bits per heavy atom. The number of aliphatic carboxylic acids is 1. The number of hydrogen-bond donors (Lipinski definition) is 1. The number of carbonyl (C=O) groups excluding carboxylic acids is 1. The fourth-order valence-electron chi connectivity index (χ4n) is 2.89. The third kappa shape index (κ3) is 4.68. The van der Waals surface area contributed by atoms with Crippen LogP contribution in [0.1, 0.15) is 0 Å². The summed E-state index contributed by atoms with van der Waals surface area (Å²) in [5, 5.41) is 8.33. The van der Waals surface area contributed by atoms with Crippen molar-refractivity contribution >= 4 is 60.3 Å². The molecule has 0 bridgehead atoms. The summed E-state index contributed by atoms with van der Waals surface area (Å²) in [5.41, 5.74) is 0.119. The number of aliphatic imine (C=N–C) groups is 1. The van der Waals surface area contributed by atoms with Crippen LogP contribution in [0.5, 0.6) is 0 Å². The molecule has 0 spiro atoms. The molecule has 8 nitrogen and oxygen atoms in total. The van der Waals surface area contributed by atoms with Gasteiger partial charge in [0.2, 0.25) is 0 Å². The van der Waals surface area contributed by atoms with E-state index in [1.165, 1.54) is 17.0 Å². The molecular weight excluding hydrogens is 467 g/mol. The minimum Gasteiger partial charge on any atom is -0.480 e. The highest BCUT2D eigenvalue weighted by Crippen LogP contribution is 2.42. The Kier molecular flexibility index (Phi) is 5.89. The van der Waals surface area contributed by atoms with Crippen molar-refractivity contribution in [3.8, 4) is 0 Å². The Labute approximate surface area is 166 Å². The summed E-state index contributed by atoms with van der Waals surface area (Å²) in [7, 11) is -3.27. The maximum absolute atomic E-state index is 14.5. The van der Waals surface area contributed by atoms with E-state index in [1.807, 2.05) is 0 Å². The normalized spacial score (nSPS) is 25.0. The highest BCUT2D eigenvalue weighted by molar-refractivity contribution is 9.10. The summed E-state index contributed by atoms with van der Waals surface area (Å²) >= 11 is 4.26. The topological polar surface area (TPSA) is 113 Å². The van der Waals surface area contributed by atoms with Gasteiger partial charge in [-0.3, -0.25) is 4.79 Å². The molecule has 0 radical (unpaired) electrons. The number of thioether (sulfide) groups is 1. The van der Waals surface area contributed by atoms with Crippen LogP contribution in [-0.2, 0) is 24.2 Å². The number of carboxylic acid groups (broad SMARTS) is 1. The van der Waals surface area contributed by atoms with Crippen LogP contribution in [0.15, 0.2) is 27.7 Å². The number of carbonyl (C=O) groups is 2. The minimum atomic E-state index is -3.27. The zero-order chi connectivity index (χ0) is 19.8. The number of anilines is 1. The maximum atomic E-state index is 14.5. The van der Waals surface area contributed by atoms with E-state index in [0.29, 0.717) is 4.47 Å². The zero-order valence-electron chi connectivity index (χ0n) is 13.7. The van der Waals surface area contributed by atoms with Crippen LogP contribution in [-0.4, -0.2) is 66.6 Å². The summed E-state index contributed by atoms with van der Waals surface area (Å²) in [6.07, 6.45) is 0. The smallest absolute Gasteiger partial charge is 0.329 e. The van der Waals surface area contributed by atoms with Crippen molar-refractivity contribution in [3.05, 3.63) is 28.5 Å². The van der Waals surface area contributed by atoms with Crippen LogP contribution >= 0.6 is 27.7 Å². The van der Waals surface area contributed by atoms with Crippen LogP contribution in [0, 0.1) is 5.82 Å². The molecule has 146 valence electrons. The molecule has 1 aromatic carbocycles. The van der Waals surface area contributed by atoms with Gasteiger partial charge in [-0.1, -0.05) is 27.7 Å². The molecule has 2 heterocycles. The van der Waals surface area contributed by atoms with Crippen molar-refractivity contribution in [2.24, 2.45) is 4.99 Å². The van der Waals surface area contributed by atoms with Crippen molar-refractivity contribution in [2.75, 3.05) is 29.6 Å². The van der Waals surface area contributed by atoms with Crippen molar-refractivity contribution in [1.82, 2.24) is 0 Å².